The van der Waals surface area contributed by atoms with Gasteiger partial charge in [-0.25, -0.2) is 0 Å². The van der Waals surface area contributed by atoms with Crippen LogP contribution in [0, 0.1) is 12.8 Å². The molecule has 1 aromatic rings. The number of aromatic nitrogens is 2. The number of hydrogen-bond acceptors (Lipinski definition) is 6. The number of amides is 1. The summed E-state index contributed by atoms with van der Waals surface area (Å²) in [5.74, 6) is 2.06. The summed E-state index contributed by atoms with van der Waals surface area (Å²) in [6, 6.07) is 0.618. The Morgan fingerprint density at radius 2 is 1.85 bits per heavy atom. The van der Waals surface area contributed by atoms with Crippen LogP contribution >= 0.6 is 0 Å². The molecule has 3 aliphatic heterocycles. The van der Waals surface area contributed by atoms with Crippen molar-refractivity contribution in [2.45, 2.75) is 58.0 Å². The van der Waals surface area contributed by atoms with Crippen molar-refractivity contribution in [3.05, 3.63) is 11.7 Å². The molecule has 4 rings (SSSR count). The molecule has 0 spiro atoms. The van der Waals surface area contributed by atoms with Crippen LogP contribution in [0.1, 0.15) is 50.2 Å². The molecule has 3 aliphatic rings. The van der Waals surface area contributed by atoms with E-state index in [4.69, 9.17) is 4.52 Å². The predicted molar refractivity (Wildman–Crippen MR) is 97.4 cm³/mol. The number of carbonyl (C=O) groups excluding carboxylic acids is 1. The van der Waals surface area contributed by atoms with Gasteiger partial charge in [-0.2, -0.15) is 4.98 Å². The van der Waals surface area contributed by atoms with Crippen molar-refractivity contribution in [1.82, 2.24) is 24.8 Å². The molecule has 0 radical (unpaired) electrons. The van der Waals surface area contributed by atoms with Gasteiger partial charge in [0, 0.05) is 45.7 Å². The standard InChI is InChI=1S/C19H31N5O2/c1-15-20-18(21-26-15)14-22-11-6-17(7-12-22)24-10-4-5-16(13-24)19(25)23-8-2-3-9-23/h16-17H,2-14H2,1H3/t16-/m1/s1. The number of carbonyl (C=O) groups is 1. The first kappa shape index (κ1) is 17.9. The molecule has 7 heteroatoms. The van der Waals surface area contributed by atoms with Crippen molar-refractivity contribution in [3.8, 4) is 0 Å². The zero-order valence-corrected chi connectivity index (χ0v) is 15.9. The lowest BCUT2D eigenvalue weighted by atomic mass is 9.93. The second-order valence-corrected chi connectivity index (χ2v) is 8.10. The number of hydrogen-bond donors (Lipinski definition) is 0. The van der Waals surface area contributed by atoms with E-state index in [1.54, 1.807) is 0 Å². The molecule has 0 saturated carbocycles. The normalized spacial score (nSPS) is 26.5. The Labute approximate surface area is 155 Å². The third-order valence-electron chi connectivity index (χ3n) is 6.23. The van der Waals surface area contributed by atoms with Gasteiger partial charge in [-0.3, -0.25) is 14.6 Å². The first-order valence-electron chi connectivity index (χ1n) is 10.2. The van der Waals surface area contributed by atoms with Gasteiger partial charge in [-0.15, -0.1) is 0 Å². The Hall–Kier alpha value is -1.47. The highest BCUT2D eigenvalue weighted by molar-refractivity contribution is 5.79. The van der Waals surface area contributed by atoms with E-state index < -0.39 is 0 Å². The molecule has 3 saturated heterocycles. The maximum Gasteiger partial charge on any atom is 0.226 e. The van der Waals surface area contributed by atoms with Crippen molar-refractivity contribution >= 4 is 5.91 Å². The van der Waals surface area contributed by atoms with Crippen LogP contribution in [0.4, 0.5) is 0 Å². The van der Waals surface area contributed by atoms with Gasteiger partial charge in [0.25, 0.3) is 0 Å². The first-order chi connectivity index (χ1) is 12.7. The third-order valence-corrected chi connectivity index (χ3v) is 6.23. The zero-order valence-electron chi connectivity index (χ0n) is 15.9. The summed E-state index contributed by atoms with van der Waals surface area (Å²) < 4.78 is 5.07. The summed E-state index contributed by atoms with van der Waals surface area (Å²) >= 11 is 0. The molecule has 1 atom stereocenters. The van der Waals surface area contributed by atoms with E-state index in [0.717, 1.165) is 64.5 Å². The van der Waals surface area contributed by atoms with Gasteiger partial charge in [0.15, 0.2) is 5.82 Å². The average Bonchev–Trinajstić information content (AvgIpc) is 3.34. The summed E-state index contributed by atoms with van der Waals surface area (Å²) in [5.41, 5.74) is 0. The monoisotopic (exact) mass is 361 g/mol. The van der Waals surface area contributed by atoms with Gasteiger partial charge in [0.2, 0.25) is 11.8 Å². The molecule has 0 aromatic carbocycles. The molecular formula is C19H31N5O2. The lowest BCUT2D eigenvalue weighted by Crippen LogP contribution is -2.51. The smallest absolute Gasteiger partial charge is 0.226 e. The predicted octanol–water partition coefficient (Wildman–Crippen LogP) is 1.68. The molecule has 1 aromatic heterocycles. The fourth-order valence-corrected chi connectivity index (χ4v) is 4.78. The van der Waals surface area contributed by atoms with Gasteiger partial charge in [0.1, 0.15) is 0 Å². The largest absolute Gasteiger partial charge is 0.342 e. The van der Waals surface area contributed by atoms with E-state index in [9.17, 15) is 4.79 Å². The molecule has 0 N–H and O–H groups in total. The van der Waals surface area contributed by atoms with Crippen LogP contribution in [0.25, 0.3) is 0 Å². The minimum absolute atomic E-state index is 0.224. The molecule has 26 heavy (non-hydrogen) atoms. The highest BCUT2D eigenvalue weighted by Crippen LogP contribution is 2.26. The molecule has 0 aliphatic carbocycles. The molecule has 4 heterocycles. The summed E-state index contributed by atoms with van der Waals surface area (Å²) in [4.78, 5) is 24.2. The average molecular weight is 361 g/mol. The molecule has 1 amide bonds. The lowest BCUT2D eigenvalue weighted by Gasteiger charge is -2.42. The van der Waals surface area contributed by atoms with Crippen LogP contribution in [-0.4, -0.2) is 76.1 Å². The van der Waals surface area contributed by atoms with Crippen molar-refractivity contribution in [3.63, 3.8) is 0 Å². The Morgan fingerprint density at radius 1 is 1.08 bits per heavy atom. The summed E-state index contributed by atoms with van der Waals surface area (Å²) in [7, 11) is 0. The van der Waals surface area contributed by atoms with Gasteiger partial charge in [0.05, 0.1) is 12.5 Å². The quantitative estimate of drug-likeness (QED) is 0.813. The maximum atomic E-state index is 12.8. The number of aryl methyl sites for hydroxylation is 1. The van der Waals surface area contributed by atoms with Gasteiger partial charge < -0.3 is 9.42 Å². The third kappa shape index (κ3) is 4.09. The number of nitrogens with zero attached hydrogens (tertiary/aromatic N) is 5. The van der Waals surface area contributed by atoms with Crippen LogP contribution in [0.2, 0.25) is 0 Å². The van der Waals surface area contributed by atoms with E-state index in [-0.39, 0.29) is 5.92 Å². The summed E-state index contributed by atoms with van der Waals surface area (Å²) in [5, 5.41) is 4.01. The SMILES string of the molecule is Cc1nc(CN2CCC(N3CCC[C@@H](C(=O)N4CCCC4)C3)CC2)no1. The molecule has 0 unspecified atom stereocenters. The Kier molecular flexibility index (Phi) is 5.55. The second kappa shape index (κ2) is 8.05. The maximum absolute atomic E-state index is 12.8. The zero-order chi connectivity index (χ0) is 17.9. The van der Waals surface area contributed by atoms with Crippen LogP contribution < -0.4 is 0 Å². The van der Waals surface area contributed by atoms with E-state index in [2.05, 4.69) is 24.8 Å². The molecular weight excluding hydrogens is 330 g/mol. The van der Waals surface area contributed by atoms with Crippen molar-refractivity contribution in [1.29, 1.82) is 0 Å². The Balaban J connectivity index is 1.26. The molecule has 3 fully saturated rings. The van der Waals surface area contributed by atoms with Gasteiger partial charge >= 0.3 is 0 Å². The van der Waals surface area contributed by atoms with Crippen LogP contribution in [-0.2, 0) is 11.3 Å². The van der Waals surface area contributed by atoms with E-state index in [0.29, 0.717) is 17.8 Å². The van der Waals surface area contributed by atoms with Crippen LogP contribution in [0.15, 0.2) is 4.52 Å². The van der Waals surface area contributed by atoms with E-state index >= 15 is 0 Å². The second-order valence-electron chi connectivity index (χ2n) is 8.10. The summed E-state index contributed by atoms with van der Waals surface area (Å²) in [6.45, 7) is 8.81. The van der Waals surface area contributed by atoms with Crippen molar-refractivity contribution in [2.24, 2.45) is 5.92 Å². The molecule has 7 nitrogen and oxygen atoms in total. The molecule has 0 bridgehead atoms. The lowest BCUT2D eigenvalue weighted by molar-refractivity contribution is -0.136. The fourth-order valence-electron chi connectivity index (χ4n) is 4.78. The van der Waals surface area contributed by atoms with Gasteiger partial charge in [-0.05, 0) is 45.1 Å². The highest BCUT2D eigenvalue weighted by Gasteiger charge is 2.34. The first-order valence-corrected chi connectivity index (χ1v) is 10.2. The summed E-state index contributed by atoms with van der Waals surface area (Å²) in [6.07, 6.45) is 6.93. The fraction of sp³-hybridized carbons (Fsp3) is 0.842. The Morgan fingerprint density at radius 3 is 2.54 bits per heavy atom. The van der Waals surface area contributed by atoms with Crippen LogP contribution in [0.3, 0.4) is 0 Å². The van der Waals surface area contributed by atoms with Crippen molar-refractivity contribution < 1.29 is 9.32 Å². The van der Waals surface area contributed by atoms with Crippen LogP contribution in [0.5, 0.6) is 0 Å². The van der Waals surface area contributed by atoms with E-state index in [1.165, 1.54) is 25.7 Å². The number of piperidine rings is 2. The Bertz CT molecular complexity index is 605. The molecule has 144 valence electrons. The number of rotatable bonds is 4. The number of likely N-dealkylation sites (tertiary alicyclic amines) is 3. The topological polar surface area (TPSA) is 65.7 Å². The minimum Gasteiger partial charge on any atom is -0.342 e. The van der Waals surface area contributed by atoms with Gasteiger partial charge in [-0.1, -0.05) is 5.16 Å². The minimum atomic E-state index is 0.224. The van der Waals surface area contributed by atoms with Crippen molar-refractivity contribution in [2.75, 3.05) is 39.3 Å². The van der Waals surface area contributed by atoms with E-state index in [1.807, 2.05) is 6.92 Å². The highest BCUT2D eigenvalue weighted by atomic mass is 16.5.